The molecule has 2 rings (SSSR count). The van der Waals surface area contributed by atoms with Crippen molar-refractivity contribution in [3.63, 3.8) is 0 Å². The van der Waals surface area contributed by atoms with Crippen LogP contribution in [0.1, 0.15) is 25.3 Å². The highest BCUT2D eigenvalue weighted by Gasteiger charge is 2.29. The van der Waals surface area contributed by atoms with Crippen LogP contribution in [0, 0.1) is 6.92 Å². The maximum atomic E-state index is 12.0. The van der Waals surface area contributed by atoms with E-state index in [4.69, 9.17) is 15.2 Å². The van der Waals surface area contributed by atoms with Gasteiger partial charge in [0.2, 0.25) is 5.91 Å². The van der Waals surface area contributed by atoms with E-state index in [0.29, 0.717) is 13.1 Å². The highest BCUT2D eigenvalue weighted by atomic mass is 16.5. The molecule has 1 aliphatic rings. The Hall–Kier alpha value is -1.59. The summed E-state index contributed by atoms with van der Waals surface area (Å²) in [6, 6.07) is 7.84. The molecule has 1 aromatic rings. The molecule has 0 aliphatic carbocycles. The Morgan fingerprint density at radius 3 is 2.90 bits per heavy atom. The van der Waals surface area contributed by atoms with E-state index in [1.54, 1.807) is 0 Å². The zero-order valence-corrected chi connectivity index (χ0v) is 12.7. The number of hydrogen-bond donors (Lipinski definition) is 2. The standard InChI is InChI=1S/C16H24N2O3/c1-11-5-3-4-6-14(11)20-12(2)10-18-16(19)15-8-7-13(9-17)21-15/h3-6,12-13,15H,7-10,17H2,1-2H3,(H,18,19)/t12?,13-,15+/m1/s1. The molecule has 1 unspecified atom stereocenters. The fourth-order valence-electron chi connectivity index (χ4n) is 2.38. The summed E-state index contributed by atoms with van der Waals surface area (Å²) in [6.45, 7) is 4.86. The first kappa shape index (κ1) is 15.8. The van der Waals surface area contributed by atoms with Gasteiger partial charge in [0.05, 0.1) is 12.6 Å². The van der Waals surface area contributed by atoms with Gasteiger partial charge >= 0.3 is 0 Å². The Morgan fingerprint density at radius 1 is 1.48 bits per heavy atom. The maximum absolute atomic E-state index is 12.0. The summed E-state index contributed by atoms with van der Waals surface area (Å²) in [5.74, 6) is 0.769. The Kier molecular flexibility index (Phi) is 5.59. The summed E-state index contributed by atoms with van der Waals surface area (Å²) in [7, 11) is 0. The van der Waals surface area contributed by atoms with Crippen molar-refractivity contribution in [2.45, 2.75) is 45.0 Å². The van der Waals surface area contributed by atoms with Gasteiger partial charge in [-0.25, -0.2) is 0 Å². The average Bonchev–Trinajstić information content (AvgIpc) is 2.96. The number of hydrogen-bond acceptors (Lipinski definition) is 4. The van der Waals surface area contributed by atoms with Gasteiger partial charge in [0, 0.05) is 6.54 Å². The van der Waals surface area contributed by atoms with Crippen LogP contribution in [0.3, 0.4) is 0 Å². The number of amides is 1. The largest absolute Gasteiger partial charge is 0.489 e. The molecule has 116 valence electrons. The Balaban J connectivity index is 1.75. The fraction of sp³-hybridized carbons (Fsp3) is 0.562. The highest BCUT2D eigenvalue weighted by Crippen LogP contribution is 2.19. The van der Waals surface area contributed by atoms with Crippen molar-refractivity contribution in [1.82, 2.24) is 5.32 Å². The first-order chi connectivity index (χ1) is 10.1. The summed E-state index contributed by atoms with van der Waals surface area (Å²) in [5, 5.41) is 2.88. The second kappa shape index (κ2) is 7.43. The smallest absolute Gasteiger partial charge is 0.249 e. The third-order valence-corrected chi connectivity index (χ3v) is 3.65. The zero-order valence-electron chi connectivity index (χ0n) is 12.7. The topological polar surface area (TPSA) is 73.6 Å². The first-order valence-electron chi connectivity index (χ1n) is 7.45. The summed E-state index contributed by atoms with van der Waals surface area (Å²) in [5.41, 5.74) is 6.63. The van der Waals surface area contributed by atoms with Crippen LogP contribution >= 0.6 is 0 Å². The number of para-hydroxylation sites is 1. The van der Waals surface area contributed by atoms with Gasteiger partial charge in [-0.2, -0.15) is 0 Å². The van der Waals surface area contributed by atoms with E-state index in [-0.39, 0.29) is 24.2 Å². The lowest BCUT2D eigenvalue weighted by Gasteiger charge is -2.18. The molecule has 5 nitrogen and oxygen atoms in total. The quantitative estimate of drug-likeness (QED) is 0.831. The van der Waals surface area contributed by atoms with Crippen LogP contribution in [0.4, 0.5) is 0 Å². The molecule has 0 spiro atoms. The van der Waals surface area contributed by atoms with E-state index < -0.39 is 0 Å². The van der Waals surface area contributed by atoms with Gasteiger partial charge in [-0.15, -0.1) is 0 Å². The van der Waals surface area contributed by atoms with Crippen molar-refractivity contribution >= 4 is 5.91 Å². The summed E-state index contributed by atoms with van der Waals surface area (Å²) in [6.07, 6.45) is 1.14. The molecule has 0 saturated carbocycles. The molecule has 3 N–H and O–H groups in total. The normalized spacial score (nSPS) is 22.8. The van der Waals surface area contributed by atoms with E-state index >= 15 is 0 Å². The van der Waals surface area contributed by atoms with Crippen molar-refractivity contribution < 1.29 is 14.3 Å². The number of carbonyl (C=O) groups is 1. The van der Waals surface area contributed by atoms with Crippen molar-refractivity contribution in [2.24, 2.45) is 5.73 Å². The Morgan fingerprint density at radius 2 is 2.24 bits per heavy atom. The van der Waals surface area contributed by atoms with Gasteiger partial charge in [0.15, 0.2) is 0 Å². The van der Waals surface area contributed by atoms with Gasteiger partial charge in [-0.3, -0.25) is 4.79 Å². The number of ether oxygens (including phenoxy) is 2. The molecule has 21 heavy (non-hydrogen) atoms. The lowest BCUT2D eigenvalue weighted by atomic mass is 10.2. The predicted molar refractivity (Wildman–Crippen MR) is 81.2 cm³/mol. The van der Waals surface area contributed by atoms with E-state index in [2.05, 4.69) is 5.32 Å². The molecule has 1 heterocycles. The van der Waals surface area contributed by atoms with Crippen LogP contribution in [0.2, 0.25) is 0 Å². The van der Waals surface area contributed by atoms with Crippen LogP contribution in [0.15, 0.2) is 24.3 Å². The number of nitrogens with one attached hydrogen (secondary N) is 1. The van der Waals surface area contributed by atoms with E-state index in [9.17, 15) is 4.79 Å². The predicted octanol–water partition coefficient (Wildman–Crippen LogP) is 1.38. The minimum atomic E-state index is -0.371. The van der Waals surface area contributed by atoms with Gasteiger partial charge in [-0.05, 0) is 38.3 Å². The highest BCUT2D eigenvalue weighted by molar-refractivity contribution is 5.81. The molecule has 1 aromatic carbocycles. The van der Waals surface area contributed by atoms with Crippen molar-refractivity contribution in [2.75, 3.05) is 13.1 Å². The number of aryl methyl sites for hydroxylation is 1. The van der Waals surface area contributed by atoms with Crippen LogP contribution < -0.4 is 15.8 Å². The number of carbonyl (C=O) groups excluding carboxylic acids is 1. The van der Waals surface area contributed by atoms with Crippen molar-refractivity contribution in [3.8, 4) is 5.75 Å². The lowest BCUT2D eigenvalue weighted by Crippen LogP contribution is -2.40. The molecule has 1 saturated heterocycles. The van der Waals surface area contributed by atoms with E-state index in [1.165, 1.54) is 0 Å². The Bertz CT molecular complexity index is 478. The van der Waals surface area contributed by atoms with Crippen LogP contribution in [-0.2, 0) is 9.53 Å². The lowest BCUT2D eigenvalue weighted by molar-refractivity contribution is -0.132. The number of rotatable bonds is 6. The summed E-state index contributed by atoms with van der Waals surface area (Å²) < 4.78 is 11.4. The molecular formula is C16H24N2O3. The number of nitrogens with two attached hydrogens (primary N) is 1. The van der Waals surface area contributed by atoms with Crippen molar-refractivity contribution in [3.05, 3.63) is 29.8 Å². The number of benzene rings is 1. The fourth-order valence-corrected chi connectivity index (χ4v) is 2.38. The van der Waals surface area contributed by atoms with Gasteiger partial charge in [0.1, 0.15) is 18.0 Å². The molecular weight excluding hydrogens is 268 g/mol. The van der Waals surface area contributed by atoms with Gasteiger partial charge in [-0.1, -0.05) is 18.2 Å². The van der Waals surface area contributed by atoms with E-state index in [0.717, 1.165) is 24.2 Å². The molecule has 0 bridgehead atoms. The maximum Gasteiger partial charge on any atom is 0.249 e. The molecule has 5 heteroatoms. The molecule has 0 aromatic heterocycles. The third kappa shape index (κ3) is 4.44. The second-order valence-corrected chi connectivity index (χ2v) is 5.50. The van der Waals surface area contributed by atoms with Crippen molar-refractivity contribution in [1.29, 1.82) is 0 Å². The monoisotopic (exact) mass is 292 g/mol. The first-order valence-corrected chi connectivity index (χ1v) is 7.45. The second-order valence-electron chi connectivity index (χ2n) is 5.50. The zero-order chi connectivity index (χ0) is 15.2. The SMILES string of the molecule is Cc1ccccc1OC(C)CNC(=O)[C@@H]1CC[C@H](CN)O1. The molecule has 1 aliphatic heterocycles. The molecule has 1 fully saturated rings. The van der Waals surface area contributed by atoms with Crippen LogP contribution in [0.5, 0.6) is 5.75 Å². The summed E-state index contributed by atoms with van der Waals surface area (Å²) in [4.78, 5) is 12.0. The van der Waals surface area contributed by atoms with E-state index in [1.807, 2.05) is 38.1 Å². The van der Waals surface area contributed by atoms with Gasteiger partial charge in [0.25, 0.3) is 0 Å². The van der Waals surface area contributed by atoms with Crippen LogP contribution in [-0.4, -0.2) is 37.3 Å². The third-order valence-electron chi connectivity index (χ3n) is 3.65. The minimum absolute atomic E-state index is 0.0152. The van der Waals surface area contributed by atoms with Gasteiger partial charge < -0.3 is 20.5 Å². The molecule has 1 amide bonds. The van der Waals surface area contributed by atoms with Crippen LogP contribution in [0.25, 0.3) is 0 Å². The molecule has 0 radical (unpaired) electrons. The Labute approximate surface area is 125 Å². The molecule has 3 atom stereocenters. The average molecular weight is 292 g/mol. The summed E-state index contributed by atoms with van der Waals surface area (Å²) >= 11 is 0. The minimum Gasteiger partial charge on any atom is -0.489 e.